The molecule has 4 heteroatoms. The van der Waals surface area contributed by atoms with E-state index in [4.69, 9.17) is 0 Å². The predicted octanol–water partition coefficient (Wildman–Crippen LogP) is 5.61. The van der Waals surface area contributed by atoms with Gasteiger partial charge in [0.05, 0.1) is 0 Å². The largest absolute Gasteiger partial charge is 0.361 e. The van der Waals surface area contributed by atoms with E-state index in [0.29, 0.717) is 18.9 Å². The van der Waals surface area contributed by atoms with Gasteiger partial charge in [0.1, 0.15) is 0 Å². The molecule has 1 aromatic heterocycles. The molecule has 27 heavy (non-hydrogen) atoms. The van der Waals surface area contributed by atoms with E-state index >= 15 is 0 Å². The number of para-hydroxylation sites is 1. The second-order valence-corrected chi connectivity index (χ2v) is 7.02. The molecular formula is C23H29ClN2O. The lowest BCUT2D eigenvalue weighted by molar-refractivity contribution is -0.121. The highest BCUT2D eigenvalue weighted by atomic mass is 35.5. The fourth-order valence-corrected chi connectivity index (χ4v) is 3.45. The van der Waals surface area contributed by atoms with Crippen LogP contribution < -0.4 is 5.32 Å². The van der Waals surface area contributed by atoms with E-state index in [9.17, 15) is 4.79 Å². The maximum atomic E-state index is 12.0. The molecule has 0 spiro atoms. The monoisotopic (exact) mass is 384 g/mol. The first-order chi connectivity index (χ1) is 12.7. The molecule has 0 saturated carbocycles. The number of H-pyrrole nitrogens is 1. The van der Waals surface area contributed by atoms with Crippen molar-refractivity contribution in [3.63, 3.8) is 0 Å². The molecule has 0 bridgehead atoms. The van der Waals surface area contributed by atoms with Gasteiger partial charge in [-0.05, 0) is 42.4 Å². The summed E-state index contributed by atoms with van der Waals surface area (Å²) in [6, 6.07) is 18.9. The molecule has 0 aliphatic heterocycles. The molecule has 1 atom stereocenters. The van der Waals surface area contributed by atoms with Gasteiger partial charge < -0.3 is 10.3 Å². The molecular weight excluding hydrogens is 356 g/mol. The molecule has 0 aliphatic rings. The summed E-state index contributed by atoms with van der Waals surface area (Å²) >= 11 is 0. The number of benzene rings is 2. The van der Waals surface area contributed by atoms with E-state index in [1.165, 1.54) is 16.5 Å². The van der Waals surface area contributed by atoms with Gasteiger partial charge in [0.2, 0.25) is 5.91 Å². The third kappa shape index (κ3) is 6.14. The first kappa shape index (κ1) is 21.0. The van der Waals surface area contributed by atoms with E-state index in [1.54, 1.807) is 0 Å². The lowest BCUT2D eigenvalue weighted by Gasteiger charge is -2.11. The summed E-state index contributed by atoms with van der Waals surface area (Å²) in [4.78, 5) is 15.3. The summed E-state index contributed by atoms with van der Waals surface area (Å²) in [5.41, 5.74) is 3.80. The number of aromatic nitrogens is 1. The fraction of sp³-hybridized carbons (Fsp3) is 0.348. The molecule has 0 aliphatic carbocycles. The minimum Gasteiger partial charge on any atom is -0.361 e. The standard InChI is InChI=1S/C23H28N2O.ClH/c1-18(19-10-3-2-4-11-19)9-5-8-14-23(26)24-16-15-20-17-25-22-13-7-6-12-21(20)22;/h2-4,6-7,10-13,17-18,25H,5,8-9,14-16H2,1H3,(H,24,26);1H. The minimum atomic E-state index is 0. The number of carbonyl (C=O) groups excluding carboxylic acids is 1. The van der Waals surface area contributed by atoms with Crippen LogP contribution in [0.15, 0.2) is 60.8 Å². The van der Waals surface area contributed by atoms with Gasteiger partial charge in [-0.25, -0.2) is 0 Å². The van der Waals surface area contributed by atoms with Gasteiger partial charge in [-0.3, -0.25) is 4.79 Å². The number of aromatic amines is 1. The lowest BCUT2D eigenvalue weighted by Crippen LogP contribution is -2.25. The van der Waals surface area contributed by atoms with Crippen LogP contribution in [0, 0.1) is 0 Å². The SMILES string of the molecule is CC(CCCCC(=O)NCCc1c[nH]c2ccccc12)c1ccccc1.Cl. The number of fused-ring (bicyclic) bond motifs is 1. The van der Waals surface area contributed by atoms with Gasteiger partial charge in [-0.15, -0.1) is 12.4 Å². The van der Waals surface area contributed by atoms with Crippen LogP contribution in [0.1, 0.15) is 49.7 Å². The summed E-state index contributed by atoms with van der Waals surface area (Å²) in [5.74, 6) is 0.721. The number of carbonyl (C=O) groups is 1. The van der Waals surface area contributed by atoms with Crippen molar-refractivity contribution in [1.29, 1.82) is 0 Å². The molecule has 2 aromatic carbocycles. The highest BCUT2D eigenvalue weighted by Gasteiger charge is 2.07. The smallest absolute Gasteiger partial charge is 0.220 e. The number of rotatable bonds is 9. The molecule has 3 aromatic rings. The van der Waals surface area contributed by atoms with Crippen LogP contribution in [0.3, 0.4) is 0 Å². The third-order valence-corrected chi connectivity index (χ3v) is 5.05. The van der Waals surface area contributed by atoms with Crippen molar-refractivity contribution in [2.45, 2.75) is 44.9 Å². The first-order valence-electron chi connectivity index (χ1n) is 9.60. The lowest BCUT2D eigenvalue weighted by atomic mass is 9.95. The molecule has 0 radical (unpaired) electrons. The second kappa shape index (κ2) is 10.8. The average Bonchev–Trinajstić information content (AvgIpc) is 3.09. The van der Waals surface area contributed by atoms with Crippen LogP contribution >= 0.6 is 12.4 Å². The number of amides is 1. The van der Waals surface area contributed by atoms with Crippen LogP contribution in [0.5, 0.6) is 0 Å². The van der Waals surface area contributed by atoms with Gasteiger partial charge in [0, 0.05) is 30.1 Å². The zero-order valence-corrected chi connectivity index (χ0v) is 16.7. The summed E-state index contributed by atoms with van der Waals surface area (Å²) in [6.45, 7) is 2.96. The Kier molecular flexibility index (Phi) is 8.41. The Morgan fingerprint density at radius 2 is 1.78 bits per heavy atom. The molecule has 1 unspecified atom stereocenters. The summed E-state index contributed by atoms with van der Waals surface area (Å²) in [6.07, 6.45) is 6.70. The molecule has 144 valence electrons. The molecule has 0 saturated heterocycles. The zero-order chi connectivity index (χ0) is 18.2. The van der Waals surface area contributed by atoms with Crippen LogP contribution in [-0.4, -0.2) is 17.4 Å². The van der Waals surface area contributed by atoms with Crippen LogP contribution in [0.2, 0.25) is 0 Å². The van der Waals surface area contributed by atoms with E-state index in [-0.39, 0.29) is 18.3 Å². The highest BCUT2D eigenvalue weighted by molar-refractivity contribution is 5.85. The van der Waals surface area contributed by atoms with E-state index in [2.05, 4.69) is 65.8 Å². The second-order valence-electron chi connectivity index (χ2n) is 7.02. The van der Waals surface area contributed by atoms with Gasteiger partial charge in [-0.1, -0.05) is 61.9 Å². The first-order valence-corrected chi connectivity index (χ1v) is 9.60. The van der Waals surface area contributed by atoms with Crippen LogP contribution in [0.4, 0.5) is 0 Å². The maximum Gasteiger partial charge on any atom is 0.220 e. The number of halogens is 1. The Labute approximate surface area is 168 Å². The Balaban J connectivity index is 0.00000261. The van der Waals surface area contributed by atoms with Crippen molar-refractivity contribution in [2.75, 3.05) is 6.54 Å². The van der Waals surface area contributed by atoms with Crippen molar-refractivity contribution in [2.24, 2.45) is 0 Å². The Bertz CT molecular complexity index is 829. The van der Waals surface area contributed by atoms with Gasteiger partial charge >= 0.3 is 0 Å². The maximum absolute atomic E-state index is 12.0. The number of nitrogens with one attached hydrogen (secondary N) is 2. The topological polar surface area (TPSA) is 44.9 Å². The van der Waals surface area contributed by atoms with Crippen molar-refractivity contribution in [1.82, 2.24) is 10.3 Å². The zero-order valence-electron chi connectivity index (χ0n) is 15.9. The number of hydrogen-bond acceptors (Lipinski definition) is 1. The van der Waals surface area contributed by atoms with Gasteiger partial charge in [0.15, 0.2) is 0 Å². The Morgan fingerprint density at radius 1 is 1.04 bits per heavy atom. The Morgan fingerprint density at radius 3 is 2.59 bits per heavy atom. The van der Waals surface area contributed by atoms with Crippen molar-refractivity contribution < 1.29 is 4.79 Å². The van der Waals surface area contributed by atoms with Crippen molar-refractivity contribution >= 4 is 29.2 Å². The van der Waals surface area contributed by atoms with E-state index < -0.39 is 0 Å². The molecule has 3 rings (SSSR count). The van der Waals surface area contributed by atoms with E-state index in [1.807, 2.05) is 12.3 Å². The highest BCUT2D eigenvalue weighted by Crippen LogP contribution is 2.21. The molecule has 2 N–H and O–H groups in total. The van der Waals surface area contributed by atoms with Crippen LogP contribution in [0.25, 0.3) is 10.9 Å². The molecule has 0 fully saturated rings. The molecule has 1 amide bonds. The number of unbranched alkanes of at least 4 members (excludes halogenated alkanes) is 1. The van der Waals surface area contributed by atoms with E-state index in [0.717, 1.165) is 31.2 Å². The number of hydrogen-bond donors (Lipinski definition) is 2. The van der Waals surface area contributed by atoms with Crippen molar-refractivity contribution in [3.05, 3.63) is 71.9 Å². The third-order valence-electron chi connectivity index (χ3n) is 5.05. The quantitative estimate of drug-likeness (QED) is 0.462. The minimum absolute atomic E-state index is 0. The normalized spacial score (nSPS) is 11.7. The summed E-state index contributed by atoms with van der Waals surface area (Å²) in [7, 11) is 0. The summed E-state index contributed by atoms with van der Waals surface area (Å²) < 4.78 is 0. The molecule has 1 heterocycles. The fourth-order valence-electron chi connectivity index (χ4n) is 3.45. The average molecular weight is 385 g/mol. The molecule has 3 nitrogen and oxygen atoms in total. The van der Waals surface area contributed by atoms with Gasteiger partial charge in [-0.2, -0.15) is 0 Å². The summed E-state index contributed by atoms with van der Waals surface area (Å²) in [5, 5.41) is 4.30. The Hall–Kier alpha value is -2.26. The van der Waals surface area contributed by atoms with Gasteiger partial charge in [0.25, 0.3) is 0 Å². The van der Waals surface area contributed by atoms with Crippen molar-refractivity contribution in [3.8, 4) is 0 Å². The van der Waals surface area contributed by atoms with Crippen LogP contribution in [-0.2, 0) is 11.2 Å². The predicted molar refractivity (Wildman–Crippen MR) is 116 cm³/mol.